The SMILES string of the molecule is C[C@@H](CNC(=O)N1CCCC[C@H]1c1ncc[nH]1)CC1(C)OCCO1. The first-order chi connectivity index (χ1) is 11.6. The number of imidazole rings is 1. The number of aromatic amines is 1. The second kappa shape index (κ2) is 7.53. The van der Waals surface area contributed by atoms with Gasteiger partial charge in [-0.25, -0.2) is 9.78 Å². The number of hydrogen-bond donors (Lipinski definition) is 2. The fraction of sp³-hybridized carbons (Fsp3) is 0.765. The van der Waals surface area contributed by atoms with Gasteiger partial charge in [0.25, 0.3) is 0 Å². The minimum atomic E-state index is -0.508. The highest BCUT2D eigenvalue weighted by Gasteiger charge is 2.33. The molecule has 0 aliphatic carbocycles. The van der Waals surface area contributed by atoms with Crippen LogP contribution in [0.1, 0.15) is 51.4 Å². The molecular weight excluding hydrogens is 308 g/mol. The molecule has 2 N–H and O–H groups in total. The van der Waals surface area contributed by atoms with E-state index in [4.69, 9.17) is 9.47 Å². The Balaban J connectivity index is 1.51. The zero-order valence-electron chi connectivity index (χ0n) is 14.6. The number of urea groups is 1. The van der Waals surface area contributed by atoms with Crippen molar-refractivity contribution in [3.05, 3.63) is 18.2 Å². The van der Waals surface area contributed by atoms with Crippen LogP contribution in [0.3, 0.4) is 0 Å². The van der Waals surface area contributed by atoms with Crippen LogP contribution in [0, 0.1) is 5.92 Å². The van der Waals surface area contributed by atoms with Gasteiger partial charge in [0.15, 0.2) is 5.79 Å². The van der Waals surface area contributed by atoms with Crippen molar-refractivity contribution < 1.29 is 14.3 Å². The van der Waals surface area contributed by atoms with Crippen LogP contribution in [0.4, 0.5) is 4.79 Å². The maximum atomic E-state index is 12.6. The van der Waals surface area contributed by atoms with Gasteiger partial charge in [-0.1, -0.05) is 6.92 Å². The predicted molar refractivity (Wildman–Crippen MR) is 89.4 cm³/mol. The highest BCUT2D eigenvalue weighted by molar-refractivity contribution is 5.74. The molecule has 0 spiro atoms. The molecular formula is C17H28N4O3. The third-order valence-electron chi connectivity index (χ3n) is 4.82. The van der Waals surface area contributed by atoms with Crippen LogP contribution in [0.25, 0.3) is 0 Å². The first kappa shape index (κ1) is 17.2. The Morgan fingerprint density at radius 3 is 3.00 bits per heavy atom. The number of nitrogens with zero attached hydrogens (tertiary/aromatic N) is 2. The Morgan fingerprint density at radius 2 is 2.29 bits per heavy atom. The number of amides is 2. The summed E-state index contributed by atoms with van der Waals surface area (Å²) in [5.74, 6) is 0.647. The Bertz CT molecular complexity index is 528. The van der Waals surface area contributed by atoms with Gasteiger partial charge in [-0.2, -0.15) is 0 Å². The average molecular weight is 336 g/mol. The quantitative estimate of drug-likeness (QED) is 0.865. The van der Waals surface area contributed by atoms with Crippen molar-refractivity contribution in [2.24, 2.45) is 5.92 Å². The molecule has 0 radical (unpaired) electrons. The largest absolute Gasteiger partial charge is 0.348 e. The van der Waals surface area contributed by atoms with E-state index in [-0.39, 0.29) is 18.0 Å². The Kier molecular flexibility index (Phi) is 5.40. The number of ether oxygens (including phenoxy) is 2. The molecule has 7 nitrogen and oxygen atoms in total. The molecule has 24 heavy (non-hydrogen) atoms. The highest BCUT2D eigenvalue weighted by Crippen LogP contribution is 2.29. The van der Waals surface area contributed by atoms with E-state index in [9.17, 15) is 4.79 Å². The van der Waals surface area contributed by atoms with Gasteiger partial charge in [-0.05, 0) is 32.1 Å². The first-order valence-corrected chi connectivity index (χ1v) is 8.89. The summed E-state index contributed by atoms with van der Waals surface area (Å²) >= 11 is 0. The fourth-order valence-corrected chi connectivity index (χ4v) is 3.66. The lowest BCUT2D eigenvalue weighted by atomic mass is 10.0. The van der Waals surface area contributed by atoms with E-state index in [1.165, 1.54) is 0 Å². The maximum absolute atomic E-state index is 12.6. The van der Waals surface area contributed by atoms with Crippen LogP contribution < -0.4 is 5.32 Å². The van der Waals surface area contributed by atoms with Crippen LogP contribution in [0.5, 0.6) is 0 Å². The van der Waals surface area contributed by atoms with Gasteiger partial charge in [0.05, 0.1) is 19.3 Å². The molecule has 1 aromatic rings. The van der Waals surface area contributed by atoms with Crippen LogP contribution in [0.15, 0.2) is 12.4 Å². The van der Waals surface area contributed by atoms with Gasteiger partial charge in [-0.15, -0.1) is 0 Å². The van der Waals surface area contributed by atoms with Crippen LogP contribution in [-0.2, 0) is 9.47 Å². The Hall–Kier alpha value is -1.60. The summed E-state index contributed by atoms with van der Waals surface area (Å²) in [6, 6.07) is 0.0319. The molecule has 2 aliphatic rings. The standard InChI is InChI=1S/C17H28N4O3/c1-13(11-17(2)23-9-10-24-17)12-20-16(22)21-8-4-3-5-14(21)15-18-6-7-19-15/h6-7,13-14H,3-5,8-12H2,1-2H3,(H,18,19)(H,20,22)/t13-,14+/m1/s1. The molecule has 0 bridgehead atoms. The molecule has 2 saturated heterocycles. The maximum Gasteiger partial charge on any atom is 0.318 e. The topological polar surface area (TPSA) is 79.5 Å². The van der Waals surface area contributed by atoms with E-state index in [1.807, 2.05) is 18.0 Å². The molecule has 2 fully saturated rings. The van der Waals surface area contributed by atoms with Crippen molar-refractivity contribution in [1.82, 2.24) is 20.2 Å². The smallest absolute Gasteiger partial charge is 0.318 e. The molecule has 0 unspecified atom stereocenters. The molecule has 2 aliphatic heterocycles. The molecule has 134 valence electrons. The molecule has 0 saturated carbocycles. The summed E-state index contributed by atoms with van der Waals surface area (Å²) in [6.45, 7) is 6.76. The van der Waals surface area contributed by atoms with Gasteiger partial charge in [-0.3, -0.25) is 0 Å². The number of aromatic nitrogens is 2. The number of carbonyl (C=O) groups excluding carboxylic acids is 1. The van der Waals surface area contributed by atoms with Crippen LogP contribution in [-0.4, -0.2) is 53.0 Å². The summed E-state index contributed by atoms with van der Waals surface area (Å²) in [5.41, 5.74) is 0. The lowest BCUT2D eigenvalue weighted by molar-refractivity contribution is -0.153. The number of carbonyl (C=O) groups is 1. The normalized spacial score (nSPS) is 24.8. The summed E-state index contributed by atoms with van der Waals surface area (Å²) in [7, 11) is 0. The Labute approximate surface area is 143 Å². The third kappa shape index (κ3) is 4.08. The molecule has 3 rings (SSSR count). The minimum absolute atomic E-state index is 0.0126. The highest BCUT2D eigenvalue weighted by atomic mass is 16.7. The van der Waals surface area contributed by atoms with E-state index in [1.54, 1.807) is 6.20 Å². The molecule has 2 amide bonds. The number of H-pyrrole nitrogens is 1. The molecule has 2 atom stereocenters. The van der Waals surface area contributed by atoms with E-state index >= 15 is 0 Å². The van der Waals surface area contributed by atoms with E-state index in [0.29, 0.717) is 19.8 Å². The summed E-state index contributed by atoms with van der Waals surface area (Å²) in [5, 5.41) is 3.07. The third-order valence-corrected chi connectivity index (χ3v) is 4.82. The van der Waals surface area contributed by atoms with Gasteiger partial charge in [0.2, 0.25) is 0 Å². The predicted octanol–water partition coefficient (Wildman–Crippen LogP) is 2.44. The Morgan fingerprint density at radius 1 is 1.50 bits per heavy atom. The van der Waals surface area contributed by atoms with E-state index in [2.05, 4.69) is 22.2 Å². The van der Waals surface area contributed by atoms with Gasteiger partial charge < -0.3 is 24.7 Å². The second-order valence-electron chi connectivity index (χ2n) is 7.01. The number of piperidine rings is 1. The number of rotatable bonds is 5. The number of hydrogen-bond acceptors (Lipinski definition) is 4. The van der Waals surface area contributed by atoms with Crippen molar-refractivity contribution in [2.45, 2.75) is 51.4 Å². The lowest BCUT2D eigenvalue weighted by Gasteiger charge is -2.35. The molecule has 3 heterocycles. The second-order valence-corrected chi connectivity index (χ2v) is 7.01. The summed E-state index contributed by atoms with van der Waals surface area (Å²) < 4.78 is 11.3. The van der Waals surface area contributed by atoms with Crippen molar-refractivity contribution in [1.29, 1.82) is 0 Å². The van der Waals surface area contributed by atoms with Crippen LogP contribution in [0.2, 0.25) is 0 Å². The summed E-state index contributed by atoms with van der Waals surface area (Å²) in [6.07, 6.45) is 7.44. The zero-order chi connectivity index (χ0) is 17.0. The number of likely N-dealkylation sites (tertiary alicyclic amines) is 1. The van der Waals surface area contributed by atoms with Gasteiger partial charge in [0.1, 0.15) is 5.82 Å². The number of nitrogens with one attached hydrogen (secondary N) is 2. The monoisotopic (exact) mass is 336 g/mol. The molecule has 1 aromatic heterocycles. The van der Waals surface area contributed by atoms with Gasteiger partial charge >= 0.3 is 6.03 Å². The van der Waals surface area contributed by atoms with Crippen LogP contribution >= 0.6 is 0 Å². The molecule has 0 aromatic carbocycles. The lowest BCUT2D eigenvalue weighted by Crippen LogP contribution is -2.46. The van der Waals surface area contributed by atoms with Crippen molar-refractivity contribution >= 4 is 6.03 Å². The summed E-state index contributed by atoms with van der Waals surface area (Å²) in [4.78, 5) is 22.0. The first-order valence-electron chi connectivity index (χ1n) is 8.89. The van der Waals surface area contributed by atoms with Crippen molar-refractivity contribution in [3.8, 4) is 0 Å². The van der Waals surface area contributed by atoms with E-state index in [0.717, 1.165) is 38.1 Å². The van der Waals surface area contributed by atoms with Crippen molar-refractivity contribution in [2.75, 3.05) is 26.3 Å². The minimum Gasteiger partial charge on any atom is -0.348 e. The fourth-order valence-electron chi connectivity index (χ4n) is 3.66. The van der Waals surface area contributed by atoms with Gasteiger partial charge in [0, 0.05) is 31.9 Å². The van der Waals surface area contributed by atoms with Crippen molar-refractivity contribution in [3.63, 3.8) is 0 Å². The van der Waals surface area contributed by atoms with E-state index < -0.39 is 5.79 Å². The average Bonchev–Trinajstić information content (AvgIpc) is 3.24. The zero-order valence-corrected chi connectivity index (χ0v) is 14.6. The molecule has 7 heteroatoms.